The summed E-state index contributed by atoms with van der Waals surface area (Å²) < 4.78 is 0. The van der Waals surface area contributed by atoms with Crippen molar-refractivity contribution in [1.82, 2.24) is 0 Å². The van der Waals surface area contributed by atoms with Gasteiger partial charge >= 0.3 is 0 Å². The van der Waals surface area contributed by atoms with Gasteiger partial charge in [-0.3, -0.25) is 5.41 Å². The molecule has 1 N–H and O–H groups in total. The molecule has 0 radical (unpaired) electrons. The molecular weight excluding hydrogens is 304 g/mol. The number of hydrogen-bond donors (Lipinski definition) is 1. The molecule has 0 atom stereocenters. The second-order valence-corrected chi connectivity index (χ2v) is 6.11. The standard InChI is InChI=1S/C18H18N4S/c1-13-7-8-14(2)17(9-13)22(21-3)18(20)23-12-16-6-4-5-15(10-16)11-19/h4-10,20H,3,12H2,1-2H3. The van der Waals surface area contributed by atoms with Crippen LogP contribution in [0, 0.1) is 30.6 Å². The van der Waals surface area contributed by atoms with E-state index in [1.165, 1.54) is 11.8 Å². The third kappa shape index (κ3) is 4.21. The van der Waals surface area contributed by atoms with Gasteiger partial charge in [0.05, 0.1) is 17.3 Å². The maximum absolute atomic E-state index is 8.94. The van der Waals surface area contributed by atoms with Gasteiger partial charge in [-0.15, -0.1) is 0 Å². The van der Waals surface area contributed by atoms with E-state index in [-0.39, 0.29) is 0 Å². The molecule has 0 aliphatic rings. The van der Waals surface area contributed by atoms with E-state index in [0.29, 0.717) is 16.5 Å². The zero-order valence-electron chi connectivity index (χ0n) is 13.2. The Balaban J connectivity index is 2.13. The van der Waals surface area contributed by atoms with E-state index in [0.717, 1.165) is 22.4 Å². The summed E-state index contributed by atoms with van der Waals surface area (Å²) in [7, 11) is 0. The van der Waals surface area contributed by atoms with Crippen LogP contribution in [0.1, 0.15) is 22.3 Å². The summed E-state index contributed by atoms with van der Waals surface area (Å²) in [5, 5.41) is 23.1. The minimum Gasteiger partial charge on any atom is -0.277 e. The zero-order valence-corrected chi connectivity index (χ0v) is 14.0. The van der Waals surface area contributed by atoms with Gasteiger partial charge in [0.1, 0.15) is 0 Å². The Morgan fingerprint density at radius 1 is 1.30 bits per heavy atom. The number of anilines is 1. The highest BCUT2D eigenvalue weighted by Crippen LogP contribution is 2.26. The van der Waals surface area contributed by atoms with E-state index in [1.54, 1.807) is 11.1 Å². The molecule has 0 unspecified atom stereocenters. The Hall–Kier alpha value is -2.58. The third-order valence-corrected chi connectivity index (χ3v) is 4.28. The van der Waals surface area contributed by atoms with E-state index in [1.807, 2.05) is 50.2 Å². The summed E-state index contributed by atoms with van der Waals surface area (Å²) in [4.78, 5) is 0. The average Bonchev–Trinajstić information content (AvgIpc) is 2.57. The van der Waals surface area contributed by atoms with Crippen LogP contribution >= 0.6 is 11.8 Å². The lowest BCUT2D eigenvalue weighted by molar-refractivity contribution is 1.12. The van der Waals surface area contributed by atoms with E-state index in [4.69, 9.17) is 10.7 Å². The Kier molecular flexibility index (Phi) is 5.56. The molecular formula is C18H18N4S. The first-order valence-electron chi connectivity index (χ1n) is 7.09. The number of benzene rings is 2. The lowest BCUT2D eigenvalue weighted by atomic mass is 10.1. The molecule has 2 aromatic carbocycles. The first kappa shape index (κ1) is 16.8. The minimum absolute atomic E-state index is 0.302. The van der Waals surface area contributed by atoms with Gasteiger partial charge in [0, 0.05) is 12.5 Å². The van der Waals surface area contributed by atoms with Crippen molar-refractivity contribution in [3.63, 3.8) is 0 Å². The van der Waals surface area contributed by atoms with Crippen molar-refractivity contribution in [2.45, 2.75) is 19.6 Å². The zero-order chi connectivity index (χ0) is 16.8. The molecule has 0 aromatic heterocycles. The number of nitrogens with zero attached hydrogens (tertiary/aromatic N) is 3. The second-order valence-electron chi connectivity index (χ2n) is 5.15. The summed E-state index contributed by atoms with van der Waals surface area (Å²) in [6.07, 6.45) is 0. The van der Waals surface area contributed by atoms with Crippen molar-refractivity contribution in [1.29, 1.82) is 10.7 Å². The largest absolute Gasteiger partial charge is 0.277 e. The fourth-order valence-corrected chi connectivity index (χ4v) is 2.90. The average molecular weight is 322 g/mol. The molecule has 2 rings (SSSR count). The van der Waals surface area contributed by atoms with Gasteiger partial charge in [0.15, 0.2) is 5.17 Å². The molecule has 4 nitrogen and oxygen atoms in total. The number of aryl methyl sites for hydroxylation is 2. The Morgan fingerprint density at radius 3 is 2.78 bits per heavy atom. The monoisotopic (exact) mass is 322 g/mol. The number of thioether (sulfide) groups is 1. The molecule has 0 heterocycles. The van der Waals surface area contributed by atoms with Crippen LogP contribution in [0.15, 0.2) is 47.6 Å². The van der Waals surface area contributed by atoms with Gasteiger partial charge in [0.25, 0.3) is 0 Å². The maximum atomic E-state index is 8.94. The summed E-state index contributed by atoms with van der Waals surface area (Å²) in [6.45, 7) is 7.59. The molecule has 0 aliphatic carbocycles. The molecule has 2 aromatic rings. The molecule has 23 heavy (non-hydrogen) atoms. The smallest absolute Gasteiger partial charge is 0.182 e. The lowest BCUT2D eigenvalue weighted by Crippen LogP contribution is -2.22. The van der Waals surface area contributed by atoms with Gasteiger partial charge in [-0.25, -0.2) is 5.01 Å². The van der Waals surface area contributed by atoms with Gasteiger partial charge in [-0.2, -0.15) is 10.4 Å². The fraction of sp³-hybridized carbons (Fsp3) is 0.167. The molecule has 0 spiro atoms. The fourth-order valence-electron chi connectivity index (χ4n) is 2.14. The molecule has 0 bridgehead atoms. The van der Waals surface area contributed by atoms with Gasteiger partial charge in [0.2, 0.25) is 0 Å². The second kappa shape index (κ2) is 7.61. The first-order valence-corrected chi connectivity index (χ1v) is 8.08. The predicted octanol–water partition coefficient (Wildman–Crippen LogP) is 4.47. The van der Waals surface area contributed by atoms with Crippen LogP contribution < -0.4 is 5.01 Å². The Morgan fingerprint density at radius 2 is 2.09 bits per heavy atom. The minimum atomic E-state index is 0.302. The molecule has 0 aliphatic heterocycles. The number of rotatable bonds is 4. The van der Waals surface area contributed by atoms with Crippen LogP contribution in [0.3, 0.4) is 0 Å². The van der Waals surface area contributed by atoms with Gasteiger partial charge in [-0.1, -0.05) is 36.0 Å². The maximum Gasteiger partial charge on any atom is 0.182 e. The number of amidine groups is 1. The highest BCUT2D eigenvalue weighted by molar-refractivity contribution is 8.13. The quantitative estimate of drug-likeness (QED) is 0.513. The summed E-state index contributed by atoms with van der Waals surface area (Å²) >= 11 is 1.36. The molecule has 0 saturated heterocycles. The predicted molar refractivity (Wildman–Crippen MR) is 98.1 cm³/mol. The Bertz CT molecular complexity index is 777. The molecule has 116 valence electrons. The van der Waals surface area contributed by atoms with E-state index >= 15 is 0 Å². The van der Waals surface area contributed by atoms with Crippen LogP contribution in [0.4, 0.5) is 5.69 Å². The number of hydrogen-bond acceptors (Lipinski definition) is 4. The normalized spacial score (nSPS) is 9.96. The van der Waals surface area contributed by atoms with E-state index in [2.05, 4.69) is 17.9 Å². The highest BCUT2D eigenvalue weighted by Gasteiger charge is 2.14. The molecule has 0 saturated carbocycles. The Labute approximate surface area is 141 Å². The van der Waals surface area contributed by atoms with Crippen molar-refractivity contribution in [3.05, 3.63) is 64.7 Å². The molecule has 0 fully saturated rings. The number of nitriles is 1. The van der Waals surface area contributed by atoms with Crippen molar-refractivity contribution >= 4 is 29.3 Å². The van der Waals surface area contributed by atoms with Crippen LogP contribution in [0.25, 0.3) is 0 Å². The van der Waals surface area contributed by atoms with Crippen molar-refractivity contribution in [2.75, 3.05) is 5.01 Å². The molecule has 5 heteroatoms. The van der Waals surface area contributed by atoms with Crippen molar-refractivity contribution in [2.24, 2.45) is 5.10 Å². The summed E-state index contributed by atoms with van der Waals surface area (Å²) in [6, 6.07) is 15.6. The van der Waals surface area contributed by atoms with Crippen LogP contribution in [0.5, 0.6) is 0 Å². The van der Waals surface area contributed by atoms with Crippen LogP contribution in [-0.2, 0) is 5.75 Å². The summed E-state index contributed by atoms with van der Waals surface area (Å²) in [5.74, 6) is 0.602. The SMILES string of the molecule is C=NN(C(=N)SCc1cccc(C#N)c1)c1cc(C)ccc1C. The van der Waals surface area contributed by atoms with Gasteiger partial charge in [-0.05, 0) is 48.7 Å². The highest BCUT2D eigenvalue weighted by atomic mass is 32.2. The van der Waals surface area contributed by atoms with E-state index in [9.17, 15) is 0 Å². The lowest BCUT2D eigenvalue weighted by Gasteiger charge is -2.21. The topological polar surface area (TPSA) is 63.2 Å². The first-order chi connectivity index (χ1) is 11.0. The third-order valence-electron chi connectivity index (χ3n) is 3.36. The van der Waals surface area contributed by atoms with E-state index < -0.39 is 0 Å². The summed E-state index contributed by atoms with van der Waals surface area (Å²) in [5.41, 5.74) is 4.65. The number of hydrazone groups is 1. The van der Waals surface area contributed by atoms with Crippen LogP contribution in [-0.4, -0.2) is 11.9 Å². The molecule has 0 amide bonds. The van der Waals surface area contributed by atoms with Crippen molar-refractivity contribution < 1.29 is 0 Å². The van der Waals surface area contributed by atoms with Crippen LogP contribution in [0.2, 0.25) is 0 Å². The number of nitrogens with one attached hydrogen (secondary N) is 1. The van der Waals surface area contributed by atoms with Crippen molar-refractivity contribution in [3.8, 4) is 6.07 Å². The van der Waals surface area contributed by atoms with Gasteiger partial charge < -0.3 is 0 Å².